The molecule has 2 heterocycles. The van der Waals surface area contributed by atoms with E-state index in [4.69, 9.17) is 0 Å². The van der Waals surface area contributed by atoms with Gasteiger partial charge in [-0.3, -0.25) is 20.1 Å². The zero-order valence-electron chi connectivity index (χ0n) is 9.59. The molecule has 0 spiro atoms. The van der Waals surface area contributed by atoms with Crippen LogP contribution < -0.4 is 10.6 Å². The molecule has 2 aromatic rings. The van der Waals surface area contributed by atoms with E-state index in [-0.39, 0.29) is 11.9 Å². The van der Waals surface area contributed by atoms with Gasteiger partial charge in [-0.2, -0.15) is 0 Å². The number of amides is 1. The summed E-state index contributed by atoms with van der Waals surface area (Å²) in [5, 5.41) is 6.03. The van der Waals surface area contributed by atoms with Crippen LogP contribution in [0.1, 0.15) is 0 Å². The number of carbonyl (C=O) groups excluding carboxylic acids is 1. The second-order valence-electron chi connectivity index (χ2n) is 4.02. The van der Waals surface area contributed by atoms with Crippen molar-refractivity contribution in [3.05, 3.63) is 30.6 Å². The van der Waals surface area contributed by atoms with E-state index in [1.165, 1.54) is 0 Å². The number of nitrogens with one attached hydrogen (secondary N) is 2. The van der Waals surface area contributed by atoms with Crippen molar-refractivity contribution in [3.63, 3.8) is 0 Å². The van der Waals surface area contributed by atoms with Gasteiger partial charge in [0.15, 0.2) is 0 Å². The van der Waals surface area contributed by atoms with Gasteiger partial charge in [-0.05, 0) is 18.2 Å². The number of rotatable bonds is 2. The molecule has 6 heteroatoms. The van der Waals surface area contributed by atoms with E-state index in [0.717, 1.165) is 28.4 Å². The number of fused-ring (bicyclic) bond motifs is 1. The highest BCUT2D eigenvalue weighted by molar-refractivity contribution is 7.99. The van der Waals surface area contributed by atoms with E-state index in [2.05, 4.69) is 20.6 Å². The molecule has 1 atom stereocenters. The van der Waals surface area contributed by atoms with Crippen molar-refractivity contribution in [2.24, 2.45) is 0 Å². The second kappa shape index (κ2) is 4.91. The van der Waals surface area contributed by atoms with Crippen LogP contribution >= 0.6 is 11.8 Å². The highest BCUT2D eigenvalue weighted by atomic mass is 32.2. The average molecular weight is 260 g/mol. The van der Waals surface area contributed by atoms with Gasteiger partial charge in [0.25, 0.3) is 0 Å². The number of thioether (sulfide) groups is 1. The summed E-state index contributed by atoms with van der Waals surface area (Å²) in [5.74, 6) is 1.66. The van der Waals surface area contributed by atoms with Gasteiger partial charge in [0, 0.05) is 29.7 Å². The molecular formula is C12H12N4OS. The van der Waals surface area contributed by atoms with Crippen LogP contribution in [0.2, 0.25) is 0 Å². The summed E-state index contributed by atoms with van der Waals surface area (Å²) in [5.41, 5.74) is 2.36. The van der Waals surface area contributed by atoms with Crippen molar-refractivity contribution in [1.82, 2.24) is 15.3 Å². The molecular weight excluding hydrogens is 248 g/mol. The third kappa shape index (κ3) is 2.30. The molecule has 3 rings (SSSR count). The minimum atomic E-state index is -0.104. The zero-order valence-corrected chi connectivity index (χ0v) is 10.4. The van der Waals surface area contributed by atoms with Crippen LogP contribution in [0.25, 0.3) is 11.0 Å². The molecule has 0 radical (unpaired) electrons. The number of hydrogen-bond acceptors (Lipinski definition) is 5. The predicted octanol–water partition coefficient (Wildman–Crippen LogP) is 1.23. The van der Waals surface area contributed by atoms with Crippen molar-refractivity contribution in [3.8, 4) is 0 Å². The Morgan fingerprint density at radius 1 is 1.33 bits per heavy atom. The van der Waals surface area contributed by atoms with Crippen LogP contribution in [-0.4, -0.2) is 33.5 Å². The van der Waals surface area contributed by atoms with Gasteiger partial charge in [-0.15, -0.1) is 11.8 Å². The maximum absolute atomic E-state index is 11.9. The summed E-state index contributed by atoms with van der Waals surface area (Å²) < 4.78 is 0. The molecule has 92 valence electrons. The first-order valence-electron chi connectivity index (χ1n) is 5.66. The highest BCUT2D eigenvalue weighted by Crippen LogP contribution is 2.16. The first kappa shape index (κ1) is 11.4. The molecule has 0 aliphatic carbocycles. The molecule has 1 aliphatic rings. The molecule has 1 saturated heterocycles. The Kier molecular flexibility index (Phi) is 3.12. The first-order chi connectivity index (χ1) is 8.83. The molecule has 2 N–H and O–H groups in total. The fourth-order valence-corrected chi connectivity index (χ4v) is 2.78. The predicted molar refractivity (Wildman–Crippen MR) is 72.4 cm³/mol. The van der Waals surface area contributed by atoms with Crippen LogP contribution in [0.3, 0.4) is 0 Å². The third-order valence-corrected chi connectivity index (χ3v) is 3.71. The fourth-order valence-electron chi connectivity index (χ4n) is 1.83. The van der Waals surface area contributed by atoms with Gasteiger partial charge >= 0.3 is 0 Å². The van der Waals surface area contributed by atoms with Crippen LogP contribution in [0.15, 0.2) is 30.6 Å². The van der Waals surface area contributed by atoms with Gasteiger partial charge in [0.2, 0.25) is 5.91 Å². The summed E-state index contributed by atoms with van der Waals surface area (Å²) >= 11 is 1.73. The van der Waals surface area contributed by atoms with Gasteiger partial charge in [-0.25, -0.2) is 0 Å². The van der Waals surface area contributed by atoms with Gasteiger partial charge in [0.1, 0.15) is 0 Å². The topological polar surface area (TPSA) is 66.9 Å². The van der Waals surface area contributed by atoms with Gasteiger partial charge in [0.05, 0.1) is 17.1 Å². The van der Waals surface area contributed by atoms with E-state index in [9.17, 15) is 4.79 Å². The summed E-state index contributed by atoms with van der Waals surface area (Å²) in [4.78, 5) is 20.3. The minimum Gasteiger partial charge on any atom is -0.325 e. The lowest BCUT2D eigenvalue weighted by Crippen LogP contribution is -2.37. The third-order valence-electron chi connectivity index (χ3n) is 2.77. The Balaban J connectivity index is 1.79. The maximum Gasteiger partial charge on any atom is 0.242 e. The van der Waals surface area contributed by atoms with Crippen molar-refractivity contribution in [2.75, 3.05) is 16.9 Å². The quantitative estimate of drug-likeness (QED) is 0.850. The average Bonchev–Trinajstić information content (AvgIpc) is 2.92. The van der Waals surface area contributed by atoms with Gasteiger partial charge < -0.3 is 5.32 Å². The summed E-state index contributed by atoms with van der Waals surface area (Å²) in [6.07, 6.45) is 3.29. The smallest absolute Gasteiger partial charge is 0.242 e. The Morgan fingerprint density at radius 2 is 2.17 bits per heavy atom. The van der Waals surface area contributed by atoms with Crippen molar-refractivity contribution >= 4 is 34.4 Å². The van der Waals surface area contributed by atoms with E-state index < -0.39 is 0 Å². The number of aromatic nitrogens is 2. The number of carbonyl (C=O) groups is 1. The molecule has 1 fully saturated rings. The molecule has 1 unspecified atom stereocenters. The lowest BCUT2D eigenvalue weighted by molar-refractivity contribution is -0.117. The zero-order chi connectivity index (χ0) is 12.4. The standard InChI is InChI=1S/C12H12N4OS/c17-12(11-6-18-7-15-11)16-8-1-2-9-10(5-8)14-4-3-13-9/h1-5,11,15H,6-7H2,(H,16,17). The number of hydrogen-bond donors (Lipinski definition) is 2. The van der Waals surface area contributed by atoms with Crippen molar-refractivity contribution in [2.45, 2.75) is 6.04 Å². The number of benzene rings is 1. The number of anilines is 1. The molecule has 1 amide bonds. The van der Waals surface area contributed by atoms with Crippen LogP contribution in [0, 0.1) is 0 Å². The van der Waals surface area contributed by atoms with Gasteiger partial charge in [-0.1, -0.05) is 0 Å². The highest BCUT2D eigenvalue weighted by Gasteiger charge is 2.22. The summed E-state index contributed by atoms with van der Waals surface area (Å²) in [7, 11) is 0. The normalized spacial score (nSPS) is 19.0. The van der Waals surface area contributed by atoms with E-state index in [1.807, 2.05) is 18.2 Å². The van der Waals surface area contributed by atoms with Crippen LogP contribution in [0.4, 0.5) is 5.69 Å². The Hall–Kier alpha value is -1.66. The molecule has 18 heavy (non-hydrogen) atoms. The molecule has 0 bridgehead atoms. The summed E-state index contributed by atoms with van der Waals surface area (Å²) in [6, 6.07) is 5.43. The molecule has 5 nitrogen and oxygen atoms in total. The van der Waals surface area contributed by atoms with Crippen LogP contribution in [-0.2, 0) is 4.79 Å². The Labute approximate surface area is 108 Å². The monoisotopic (exact) mass is 260 g/mol. The Morgan fingerprint density at radius 3 is 2.94 bits per heavy atom. The largest absolute Gasteiger partial charge is 0.325 e. The maximum atomic E-state index is 11.9. The van der Waals surface area contributed by atoms with E-state index in [1.54, 1.807) is 24.2 Å². The molecule has 1 aromatic carbocycles. The van der Waals surface area contributed by atoms with E-state index in [0.29, 0.717) is 0 Å². The van der Waals surface area contributed by atoms with E-state index >= 15 is 0 Å². The first-order valence-corrected chi connectivity index (χ1v) is 6.81. The lowest BCUT2D eigenvalue weighted by atomic mass is 10.2. The molecule has 1 aromatic heterocycles. The lowest BCUT2D eigenvalue weighted by Gasteiger charge is -2.10. The minimum absolute atomic E-state index is 0.00300. The van der Waals surface area contributed by atoms with Crippen molar-refractivity contribution < 1.29 is 4.79 Å². The second-order valence-corrected chi connectivity index (χ2v) is 5.05. The number of nitrogens with zero attached hydrogens (tertiary/aromatic N) is 2. The fraction of sp³-hybridized carbons (Fsp3) is 0.250. The SMILES string of the molecule is O=C(Nc1ccc2nccnc2c1)C1CSCN1. The summed E-state index contributed by atoms with van der Waals surface area (Å²) in [6.45, 7) is 0. The van der Waals surface area contributed by atoms with Crippen LogP contribution in [0.5, 0.6) is 0 Å². The van der Waals surface area contributed by atoms with Crippen molar-refractivity contribution in [1.29, 1.82) is 0 Å². The Bertz CT molecular complexity index is 583. The molecule has 0 saturated carbocycles. The molecule has 1 aliphatic heterocycles.